The second kappa shape index (κ2) is 6.62. The summed E-state index contributed by atoms with van der Waals surface area (Å²) in [5, 5.41) is 21.9. The number of aliphatic hydroxyl groups excluding tert-OH is 1. The summed E-state index contributed by atoms with van der Waals surface area (Å²) in [5.74, 6) is -0.971. The first-order valence-electron chi connectivity index (χ1n) is 9.00. The largest absolute Gasteiger partial charge is 0.396 e. The van der Waals surface area contributed by atoms with Gasteiger partial charge in [-0.25, -0.2) is 0 Å². The SMILES string of the molecule is O=C1c2cccc3c(N4CCCC4)c([N+](=O)[O-])cc(c23)C(=O)N1CCCO. The van der Waals surface area contributed by atoms with Crippen LogP contribution in [0.2, 0.25) is 0 Å². The van der Waals surface area contributed by atoms with Gasteiger partial charge in [-0.3, -0.25) is 24.6 Å². The number of nitro groups is 1. The molecule has 8 heteroatoms. The first kappa shape index (κ1) is 17.4. The van der Waals surface area contributed by atoms with Gasteiger partial charge in [0.2, 0.25) is 0 Å². The molecule has 0 saturated carbocycles. The van der Waals surface area contributed by atoms with Gasteiger partial charge < -0.3 is 10.0 Å². The Labute approximate surface area is 155 Å². The van der Waals surface area contributed by atoms with Gasteiger partial charge in [-0.15, -0.1) is 0 Å². The molecule has 1 fully saturated rings. The Morgan fingerprint density at radius 2 is 1.81 bits per heavy atom. The summed E-state index contributed by atoms with van der Waals surface area (Å²) < 4.78 is 0. The number of hydrogen-bond donors (Lipinski definition) is 1. The molecule has 8 nitrogen and oxygen atoms in total. The molecule has 0 aliphatic carbocycles. The highest BCUT2D eigenvalue weighted by Crippen LogP contribution is 2.43. The summed E-state index contributed by atoms with van der Waals surface area (Å²) in [7, 11) is 0. The third-order valence-corrected chi connectivity index (χ3v) is 5.22. The molecule has 0 spiro atoms. The second-order valence-corrected chi connectivity index (χ2v) is 6.81. The second-order valence-electron chi connectivity index (χ2n) is 6.81. The van der Waals surface area contributed by atoms with E-state index in [9.17, 15) is 19.7 Å². The van der Waals surface area contributed by atoms with E-state index in [4.69, 9.17) is 5.11 Å². The molecule has 27 heavy (non-hydrogen) atoms. The maximum atomic E-state index is 12.9. The number of rotatable bonds is 5. The predicted molar refractivity (Wildman–Crippen MR) is 99.1 cm³/mol. The van der Waals surface area contributed by atoms with Gasteiger partial charge in [-0.1, -0.05) is 12.1 Å². The summed E-state index contributed by atoms with van der Waals surface area (Å²) in [6.45, 7) is 1.35. The van der Waals surface area contributed by atoms with Crippen molar-refractivity contribution in [3.8, 4) is 0 Å². The monoisotopic (exact) mass is 369 g/mol. The zero-order valence-corrected chi connectivity index (χ0v) is 14.7. The third-order valence-electron chi connectivity index (χ3n) is 5.22. The average molecular weight is 369 g/mol. The van der Waals surface area contributed by atoms with Crippen LogP contribution in [0, 0.1) is 10.1 Å². The van der Waals surface area contributed by atoms with Gasteiger partial charge in [0.25, 0.3) is 17.5 Å². The van der Waals surface area contributed by atoms with Gasteiger partial charge in [-0.2, -0.15) is 0 Å². The van der Waals surface area contributed by atoms with E-state index in [2.05, 4.69) is 0 Å². The number of carbonyl (C=O) groups excluding carboxylic acids is 2. The van der Waals surface area contributed by atoms with Crippen molar-refractivity contribution in [3.05, 3.63) is 45.5 Å². The number of benzene rings is 2. The maximum Gasteiger partial charge on any atom is 0.293 e. The lowest BCUT2D eigenvalue weighted by molar-refractivity contribution is -0.384. The number of anilines is 1. The van der Waals surface area contributed by atoms with E-state index in [1.54, 1.807) is 18.2 Å². The van der Waals surface area contributed by atoms with Crippen LogP contribution >= 0.6 is 0 Å². The highest BCUT2D eigenvalue weighted by molar-refractivity contribution is 6.27. The molecule has 4 rings (SSSR count). The van der Waals surface area contributed by atoms with Crippen LogP contribution in [0.15, 0.2) is 24.3 Å². The molecule has 1 saturated heterocycles. The Morgan fingerprint density at radius 3 is 2.48 bits per heavy atom. The summed E-state index contributed by atoms with van der Waals surface area (Å²) in [5.41, 5.74) is 0.923. The van der Waals surface area contributed by atoms with Gasteiger partial charge in [0.15, 0.2) is 0 Å². The number of nitro benzene ring substituents is 1. The van der Waals surface area contributed by atoms with E-state index in [1.165, 1.54) is 6.07 Å². The minimum atomic E-state index is -0.548. The Kier molecular flexibility index (Phi) is 4.27. The fourth-order valence-electron chi connectivity index (χ4n) is 4.03. The fourth-order valence-corrected chi connectivity index (χ4v) is 4.03. The minimum Gasteiger partial charge on any atom is -0.396 e. The molecule has 0 aromatic heterocycles. The van der Waals surface area contributed by atoms with E-state index < -0.39 is 16.7 Å². The van der Waals surface area contributed by atoms with Crippen molar-refractivity contribution in [2.24, 2.45) is 0 Å². The van der Waals surface area contributed by atoms with Crippen molar-refractivity contribution in [1.82, 2.24) is 4.90 Å². The first-order valence-corrected chi connectivity index (χ1v) is 9.00. The Morgan fingerprint density at radius 1 is 1.11 bits per heavy atom. The molecule has 2 aliphatic heterocycles. The molecular formula is C19H19N3O5. The summed E-state index contributed by atoms with van der Waals surface area (Å²) >= 11 is 0. The minimum absolute atomic E-state index is 0.0751. The van der Waals surface area contributed by atoms with Crippen LogP contribution < -0.4 is 4.90 Å². The van der Waals surface area contributed by atoms with Gasteiger partial charge in [0.1, 0.15) is 5.69 Å². The number of carbonyl (C=O) groups is 2. The zero-order valence-electron chi connectivity index (χ0n) is 14.7. The topological polar surface area (TPSA) is 104 Å². The smallest absolute Gasteiger partial charge is 0.293 e. The summed E-state index contributed by atoms with van der Waals surface area (Å²) in [4.78, 5) is 40.1. The number of nitrogens with zero attached hydrogens (tertiary/aromatic N) is 3. The summed E-state index contributed by atoms with van der Waals surface area (Å²) in [6, 6.07) is 6.39. The molecule has 2 aromatic carbocycles. The van der Waals surface area contributed by atoms with E-state index in [0.29, 0.717) is 35.1 Å². The quantitative estimate of drug-likeness (QED) is 0.493. The molecule has 2 aromatic rings. The molecule has 0 atom stereocenters. The predicted octanol–water partition coefficient (Wildman–Crippen LogP) is 2.33. The van der Waals surface area contributed by atoms with Crippen LogP contribution in [-0.4, -0.2) is 53.0 Å². The first-order chi connectivity index (χ1) is 13.0. The van der Waals surface area contributed by atoms with Crippen molar-refractivity contribution < 1.29 is 19.6 Å². The van der Waals surface area contributed by atoms with Crippen LogP contribution in [0.1, 0.15) is 40.0 Å². The van der Waals surface area contributed by atoms with Gasteiger partial charge >= 0.3 is 0 Å². The molecule has 0 radical (unpaired) electrons. The van der Waals surface area contributed by atoms with Crippen molar-refractivity contribution in [2.45, 2.75) is 19.3 Å². The van der Waals surface area contributed by atoms with E-state index in [0.717, 1.165) is 17.7 Å². The van der Waals surface area contributed by atoms with E-state index >= 15 is 0 Å². The van der Waals surface area contributed by atoms with E-state index in [-0.39, 0.29) is 30.8 Å². The van der Waals surface area contributed by atoms with Crippen molar-refractivity contribution in [2.75, 3.05) is 31.1 Å². The van der Waals surface area contributed by atoms with Crippen LogP contribution in [0.5, 0.6) is 0 Å². The Balaban J connectivity index is 1.99. The van der Waals surface area contributed by atoms with Crippen LogP contribution in [0.25, 0.3) is 10.8 Å². The summed E-state index contributed by atoms with van der Waals surface area (Å²) in [6.07, 6.45) is 2.16. The standard InChI is InChI=1S/C19H19N3O5/c23-10-4-9-21-18(24)13-6-3-5-12-16(13)14(19(21)25)11-15(22(26)27)17(12)20-7-1-2-8-20/h3,5-6,11,23H,1-2,4,7-10H2. The highest BCUT2D eigenvalue weighted by Gasteiger charge is 2.37. The molecule has 0 bridgehead atoms. The lowest BCUT2D eigenvalue weighted by Gasteiger charge is -2.29. The fraction of sp³-hybridized carbons (Fsp3) is 0.368. The van der Waals surface area contributed by atoms with Crippen molar-refractivity contribution in [3.63, 3.8) is 0 Å². The molecular weight excluding hydrogens is 350 g/mol. The Hall–Kier alpha value is -3.00. The third kappa shape index (κ3) is 2.64. The lowest BCUT2D eigenvalue weighted by atomic mass is 9.91. The molecule has 2 heterocycles. The zero-order chi connectivity index (χ0) is 19.1. The number of amides is 2. The molecule has 1 N–H and O–H groups in total. The molecule has 2 aliphatic rings. The molecule has 2 amide bonds. The Bertz CT molecular complexity index is 965. The number of imide groups is 1. The number of hydrogen-bond acceptors (Lipinski definition) is 6. The van der Waals surface area contributed by atoms with E-state index in [1.807, 2.05) is 4.90 Å². The van der Waals surface area contributed by atoms with Crippen molar-refractivity contribution in [1.29, 1.82) is 0 Å². The van der Waals surface area contributed by atoms with Gasteiger partial charge in [-0.05, 0) is 25.3 Å². The van der Waals surface area contributed by atoms with Gasteiger partial charge in [0.05, 0.1) is 10.5 Å². The maximum absolute atomic E-state index is 12.9. The van der Waals surface area contributed by atoms with Crippen LogP contribution in [-0.2, 0) is 0 Å². The average Bonchev–Trinajstić information content (AvgIpc) is 3.19. The highest BCUT2D eigenvalue weighted by atomic mass is 16.6. The van der Waals surface area contributed by atoms with Crippen LogP contribution in [0.4, 0.5) is 11.4 Å². The molecule has 140 valence electrons. The lowest BCUT2D eigenvalue weighted by Crippen LogP contribution is -2.41. The number of aliphatic hydroxyl groups is 1. The normalized spacial score (nSPS) is 16.5. The van der Waals surface area contributed by atoms with Gasteiger partial charge in [0, 0.05) is 48.6 Å². The molecule has 0 unspecified atom stereocenters. The van der Waals surface area contributed by atoms with Crippen molar-refractivity contribution >= 4 is 34.0 Å². The van der Waals surface area contributed by atoms with Crippen LogP contribution in [0.3, 0.4) is 0 Å².